The second-order valence-electron chi connectivity index (χ2n) is 5.97. The van der Waals surface area contributed by atoms with Crippen molar-refractivity contribution in [3.63, 3.8) is 0 Å². The summed E-state index contributed by atoms with van der Waals surface area (Å²) < 4.78 is 26.8. The molecule has 0 radical (unpaired) electrons. The Hall–Kier alpha value is -1.82. The van der Waals surface area contributed by atoms with Gasteiger partial charge in [0.05, 0.1) is 9.92 Å². The fourth-order valence-corrected chi connectivity index (χ4v) is 6.01. The molecule has 6 heteroatoms. The monoisotopic (exact) mass is 360 g/mol. The summed E-state index contributed by atoms with van der Waals surface area (Å²) in [6.07, 6.45) is 1.97. The van der Waals surface area contributed by atoms with E-state index in [2.05, 4.69) is 4.98 Å². The second-order valence-corrected chi connectivity index (χ2v) is 8.36. The van der Waals surface area contributed by atoms with E-state index in [9.17, 15) is 8.42 Å². The van der Waals surface area contributed by atoms with Gasteiger partial charge in [-0.15, -0.1) is 0 Å². The number of halogens is 1. The molecule has 0 aliphatic carbocycles. The Kier molecular flexibility index (Phi) is 3.67. The summed E-state index contributed by atoms with van der Waals surface area (Å²) in [7, 11) is -3.64. The number of hydrogen-bond acceptors (Lipinski definition) is 3. The second kappa shape index (κ2) is 5.62. The highest BCUT2D eigenvalue weighted by molar-refractivity contribution is 7.91. The minimum absolute atomic E-state index is 0.186. The molecule has 24 heavy (non-hydrogen) atoms. The molecule has 2 aromatic carbocycles. The fourth-order valence-electron chi connectivity index (χ4n) is 3.55. The molecule has 0 fully saturated rings. The smallest absolute Gasteiger partial charge is 0.200 e. The summed E-state index contributed by atoms with van der Waals surface area (Å²) in [5.74, 6) is 0. The summed E-state index contributed by atoms with van der Waals surface area (Å²) >= 11 is 6.20. The van der Waals surface area contributed by atoms with Gasteiger partial charge in [-0.1, -0.05) is 42.8 Å². The zero-order valence-electron chi connectivity index (χ0n) is 13.2. The van der Waals surface area contributed by atoms with E-state index < -0.39 is 15.2 Å². The Labute approximate surface area is 146 Å². The molecule has 1 aliphatic rings. The van der Waals surface area contributed by atoms with E-state index in [-0.39, 0.29) is 9.92 Å². The van der Waals surface area contributed by atoms with Gasteiger partial charge in [0.1, 0.15) is 5.37 Å². The Bertz CT molecular complexity index is 1030. The first-order chi connectivity index (χ1) is 11.5. The Morgan fingerprint density at radius 3 is 2.75 bits per heavy atom. The van der Waals surface area contributed by atoms with Crippen molar-refractivity contribution < 1.29 is 8.42 Å². The largest absolute Gasteiger partial charge is 0.361 e. The lowest BCUT2D eigenvalue weighted by Gasteiger charge is -2.34. The van der Waals surface area contributed by atoms with Crippen LogP contribution in [0.3, 0.4) is 0 Å². The van der Waals surface area contributed by atoms with Gasteiger partial charge in [0, 0.05) is 23.6 Å². The minimum Gasteiger partial charge on any atom is -0.361 e. The van der Waals surface area contributed by atoms with Gasteiger partial charge in [-0.25, -0.2) is 8.42 Å². The van der Waals surface area contributed by atoms with Crippen LogP contribution in [0.2, 0.25) is 5.02 Å². The molecule has 2 heterocycles. The molecule has 0 amide bonds. The van der Waals surface area contributed by atoms with Crippen LogP contribution in [-0.2, 0) is 16.4 Å². The van der Waals surface area contributed by atoms with Crippen molar-refractivity contribution in [3.05, 3.63) is 64.8 Å². The van der Waals surface area contributed by atoms with E-state index in [1.165, 1.54) is 0 Å². The molecule has 0 saturated heterocycles. The van der Waals surface area contributed by atoms with Gasteiger partial charge in [-0.2, -0.15) is 0 Å². The molecular formula is C18H17ClN2O2S. The van der Waals surface area contributed by atoms with Crippen LogP contribution in [0, 0.1) is 0 Å². The lowest BCUT2D eigenvalue weighted by molar-refractivity contribution is 0.249. The maximum absolute atomic E-state index is 13.4. The molecule has 1 N–H and O–H groups in total. The van der Waals surface area contributed by atoms with Crippen LogP contribution in [0.5, 0.6) is 0 Å². The predicted molar refractivity (Wildman–Crippen MR) is 95.8 cm³/mol. The van der Waals surface area contributed by atoms with E-state index in [1.807, 2.05) is 36.2 Å². The third kappa shape index (κ3) is 2.19. The third-order valence-electron chi connectivity index (χ3n) is 4.63. The van der Waals surface area contributed by atoms with Crippen molar-refractivity contribution in [3.8, 4) is 0 Å². The normalized spacial score (nSPS) is 18.2. The van der Waals surface area contributed by atoms with Gasteiger partial charge < -0.3 is 4.98 Å². The standard InChI is InChI=1S/C18H17ClN2O2S/c1-2-21-11-12-10-20-15-8-5-6-13(17(12)15)18(21)24(22,23)16-9-4-3-7-14(16)19/h3-10,18,20H,2,11H2,1H3. The average Bonchev–Trinajstić information content (AvgIpc) is 2.99. The lowest BCUT2D eigenvalue weighted by atomic mass is 10.0. The highest BCUT2D eigenvalue weighted by Crippen LogP contribution is 2.43. The van der Waals surface area contributed by atoms with Crippen LogP contribution in [0.15, 0.2) is 53.6 Å². The number of sulfone groups is 1. The van der Waals surface area contributed by atoms with E-state index in [0.29, 0.717) is 13.1 Å². The summed E-state index contributed by atoms with van der Waals surface area (Å²) in [5, 5.41) is 0.554. The Morgan fingerprint density at radius 1 is 1.21 bits per heavy atom. The van der Waals surface area contributed by atoms with Crippen molar-refractivity contribution in [1.29, 1.82) is 0 Å². The molecule has 4 nitrogen and oxygen atoms in total. The van der Waals surface area contributed by atoms with Gasteiger partial charge in [-0.05, 0) is 35.9 Å². The van der Waals surface area contributed by atoms with Gasteiger partial charge in [-0.3, -0.25) is 4.90 Å². The van der Waals surface area contributed by atoms with Gasteiger partial charge >= 0.3 is 0 Å². The van der Waals surface area contributed by atoms with Crippen LogP contribution in [0.25, 0.3) is 10.9 Å². The van der Waals surface area contributed by atoms with Crippen molar-refractivity contribution >= 4 is 32.3 Å². The van der Waals surface area contributed by atoms with Crippen molar-refractivity contribution in [2.24, 2.45) is 0 Å². The first-order valence-corrected chi connectivity index (χ1v) is 9.78. The first kappa shape index (κ1) is 15.7. The first-order valence-electron chi connectivity index (χ1n) is 7.85. The SMILES string of the molecule is CCN1Cc2c[nH]c3cccc(c23)C1S(=O)(=O)c1ccccc1Cl. The predicted octanol–water partition coefficient (Wildman–Crippen LogP) is 4.13. The Balaban J connectivity index is 1.98. The topological polar surface area (TPSA) is 53.2 Å². The number of aromatic nitrogens is 1. The maximum atomic E-state index is 13.4. The van der Waals surface area contributed by atoms with Crippen molar-refractivity contribution in [1.82, 2.24) is 9.88 Å². The minimum atomic E-state index is -3.64. The summed E-state index contributed by atoms with van der Waals surface area (Å²) in [6.45, 7) is 3.21. The number of nitrogens with one attached hydrogen (secondary N) is 1. The van der Waals surface area contributed by atoms with Crippen LogP contribution in [-0.4, -0.2) is 24.8 Å². The van der Waals surface area contributed by atoms with Crippen molar-refractivity contribution in [2.45, 2.75) is 23.7 Å². The van der Waals surface area contributed by atoms with Crippen LogP contribution in [0.4, 0.5) is 0 Å². The number of benzene rings is 2. The summed E-state index contributed by atoms with van der Waals surface area (Å²) in [4.78, 5) is 5.40. The molecule has 1 unspecified atom stereocenters. The third-order valence-corrected chi connectivity index (χ3v) is 7.18. The molecule has 3 aromatic rings. The molecule has 1 atom stereocenters. The zero-order chi connectivity index (χ0) is 16.9. The average molecular weight is 361 g/mol. The van der Waals surface area contributed by atoms with Crippen LogP contribution in [0.1, 0.15) is 23.4 Å². The summed E-state index contributed by atoms with van der Waals surface area (Å²) in [5.41, 5.74) is 2.92. The van der Waals surface area contributed by atoms with Gasteiger partial charge in [0.2, 0.25) is 0 Å². The number of nitrogens with zero attached hydrogens (tertiary/aromatic N) is 1. The lowest BCUT2D eigenvalue weighted by Crippen LogP contribution is -2.36. The number of hydrogen-bond donors (Lipinski definition) is 1. The fraction of sp³-hybridized carbons (Fsp3) is 0.222. The maximum Gasteiger partial charge on any atom is 0.200 e. The van der Waals surface area contributed by atoms with E-state index in [4.69, 9.17) is 11.6 Å². The number of H-pyrrole nitrogens is 1. The van der Waals surface area contributed by atoms with E-state index >= 15 is 0 Å². The highest BCUT2D eigenvalue weighted by atomic mass is 35.5. The quantitative estimate of drug-likeness (QED) is 0.764. The molecule has 0 bridgehead atoms. The zero-order valence-corrected chi connectivity index (χ0v) is 14.7. The number of aromatic amines is 1. The molecule has 124 valence electrons. The van der Waals surface area contributed by atoms with Crippen LogP contribution < -0.4 is 0 Å². The van der Waals surface area contributed by atoms with Crippen molar-refractivity contribution in [2.75, 3.05) is 6.54 Å². The molecule has 0 saturated carbocycles. The van der Waals surface area contributed by atoms with E-state index in [0.717, 1.165) is 22.0 Å². The van der Waals surface area contributed by atoms with Crippen LogP contribution >= 0.6 is 11.6 Å². The van der Waals surface area contributed by atoms with Gasteiger partial charge in [0.15, 0.2) is 9.84 Å². The Morgan fingerprint density at radius 2 is 2.00 bits per heavy atom. The molecule has 0 spiro atoms. The summed E-state index contributed by atoms with van der Waals surface area (Å²) in [6, 6.07) is 12.4. The highest BCUT2D eigenvalue weighted by Gasteiger charge is 2.39. The molecule has 1 aromatic heterocycles. The molecule has 4 rings (SSSR count). The van der Waals surface area contributed by atoms with Gasteiger partial charge in [0.25, 0.3) is 0 Å². The number of rotatable bonds is 3. The molecule has 1 aliphatic heterocycles. The van der Waals surface area contributed by atoms with E-state index in [1.54, 1.807) is 24.3 Å². The molecular weight excluding hydrogens is 344 g/mol.